The van der Waals surface area contributed by atoms with Crippen LogP contribution in [0.15, 0.2) is 64.3 Å². The highest BCUT2D eigenvalue weighted by atomic mass is 14.7. The molecular weight excluding hydrogens is 218 g/mol. The van der Waals surface area contributed by atoms with E-state index in [0.717, 1.165) is 12.1 Å². The highest BCUT2D eigenvalue weighted by molar-refractivity contribution is 5.80. The molecule has 1 aliphatic heterocycles. The van der Waals surface area contributed by atoms with Gasteiger partial charge in [0.25, 0.3) is 0 Å². The number of benzene rings is 1. The lowest BCUT2D eigenvalue weighted by Gasteiger charge is -2.04. The van der Waals surface area contributed by atoms with Crippen LogP contribution in [0.25, 0.3) is 5.57 Å². The molecule has 0 bridgehead atoms. The number of aliphatic imine (C=N–C) groups is 1. The second-order valence-electron chi connectivity index (χ2n) is 4.77. The van der Waals surface area contributed by atoms with Gasteiger partial charge in [0.15, 0.2) is 0 Å². The molecule has 1 nitrogen and oxygen atoms in total. The summed E-state index contributed by atoms with van der Waals surface area (Å²) in [6.07, 6.45) is 7.32. The number of nitrogens with zero attached hydrogens (tertiary/aromatic N) is 1. The molecule has 2 rings (SSSR count). The maximum atomic E-state index is 4.56. The summed E-state index contributed by atoms with van der Waals surface area (Å²) in [5, 5.41) is 0. The molecule has 1 heterocycles. The molecule has 0 unspecified atom stereocenters. The summed E-state index contributed by atoms with van der Waals surface area (Å²) in [5.74, 6) is 0. The Labute approximate surface area is 109 Å². The van der Waals surface area contributed by atoms with Crippen LogP contribution < -0.4 is 0 Å². The first-order chi connectivity index (χ1) is 8.66. The Balaban J connectivity index is 2.31. The molecule has 1 aromatic rings. The average molecular weight is 237 g/mol. The third-order valence-corrected chi connectivity index (χ3v) is 3.16. The van der Waals surface area contributed by atoms with Gasteiger partial charge in [-0.3, -0.25) is 4.99 Å². The Morgan fingerprint density at radius 2 is 1.89 bits per heavy atom. The standard InChI is InChI=1S/C17H19N/c1-13-9-10-14(2)17(18-12-13)11-15(3)16-7-5-4-6-8-16/h4-9,11-12H,10H2,1-3H3/b15-11+. The second kappa shape index (κ2) is 5.63. The quantitative estimate of drug-likeness (QED) is 0.701. The van der Waals surface area contributed by atoms with E-state index in [1.54, 1.807) is 0 Å². The van der Waals surface area contributed by atoms with Gasteiger partial charge in [0.05, 0.1) is 5.70 Å². The van der Waals surface area contributed by atoms with Crippen LogP contribution >= 0.6 is 0 Å². The van der Waals surface area contributed by atoms with Crippen LogP contribution in [0.5, 0.6) is 0 Å². The largest absolute Gasteiger partial charge is 0.257 e. The molecule has 0 aliphatic carbocycles. The van der Waals surface area contributed by atoms with Crippen LogP contribution in [0.4, 0.5) is 0 Å². The molecule has 0 N–H and O–H groups in total. The highest BCUT2D eigenvalue weighted by Crippen LogP contribution is 2.21. The Kier molecular flexibility index (Phi) is 3.93. The fourth-order valence-corrected chi connectivity index (χ4v) is 1.90. The Bertz CT molecular complexity index is 542. The summed E-state index contributed by atoms with van der Waals surface area (Å²) in [5.41, 5.74) is 6.14. The van der Waals surface area contributed by atoms with Gasteiger partial charge in [0, 0.05) is 6.21 Å². The molecule has 0 saturated carbocycles. The normalized spacial score (nSPS) is 16.6. The SMILES string of the molecule is CC1=CCC(C)=C(/C=C(\C)c2ccccc2)N=C1. The minimum absolute atomic E-state index is 0.986. The smallest absolute Gasteiger partial charge is 0.0624 e. The molecule has 0 fully saturated rings. The molecule has 0 aromatic heterocycles. The fourth-order valence-electron chi connectivity index (χ4n) is 1.90. The molecule has 0 saturated heterocycles. The lowest BCUT2D eigenvalue weighted by atomic mass is 10.0. The predicted octanol–water partition coefficient (Wildman–Crippen LogP) is 4.78. The highest BCUT2D eigenvalue weighted by Gasteiger charge is 2.03. The van der Waals surface area contributed by atoms with Crippen LogP contribution in [0.1, 0.15) is 32.8 Å². The van der Waals surface area contributed by atoms with Gasteiger partial charge in [-0.15, -0.1) is 0 Å². The molecule has 18 heavy (non-hydrogen) atoms. The van der Waals surface area contributed by atoms with Crippen LogP contribution in [0.3, 0.4) is 0 Å². The maximum Gasteiger partial charge on any atom is 0.0624 e. The van der Waals surface area contributed by atoms with Gasteiger partial charge < -0.3 is 0 Å². The van der Waals surface area contributed by atoms with Crippen molar-refractivity contribution in [3.8, 4) is 0 Å². The third-order valence-electron chi connectivity index (χ3n) is 3.16. The summed E-state index contributed by atoms with van der Waals surface area (Å²) >= 11 is 0. The monoisotopic (exact) mass is 237 g/mol. The van der Waals surface area contributed by atoms with Crippen LogP contribution in [-0.2, 0) is 0 Å². The molecule has 0 amide bonds. The van der Waals surface area contributed by atoms with Crippen molar-refractivity contribution in [2.75, 3.05) is 0 Å². The van der Waals surface area contributed by atoms with Gasteiger partial charge in [-0.05, 0) is 55.6 Å². The van der Waals surface area contributed by atoms with Crippen molar-refractivity contribution in [2.24, 2.45) is 4.99 Å². The molecule has 1 heteroatoms. The van der Waals surface area contributed by atoms with Crippen molar-refractivity contribution < 1.29 is 0 Å². The zero-order valence-electron chi connectivity index (χ0n) is 11.3. The summed E-state index contributed by atoms with van der Waals surface area (Å²) < 4.78 is 0. The van der Waals surface area contributed by atoms with Crippen LogP contribution in [0.2, 0.25) is 0 Å². The van der Waals surface area contributed by atoms with Crippen LogP contribution in [-0.4, -0.2) is 6.21 Å². The minimum atomic E-state index is 0.986. The van der Waals surface area contributed by atoms with E-state index in [1.165, 1.54) is 22.3 Å². The first-order valence-electron chi connectivity index (χ1n) is 6.31. The average Bonchev–Trinajstić information content (AvgIpc) is 2.55. The van der Waals surface area contributed by atoms with Crippen molar-refractivity contribution in [1.29, 1.82) is 0 Å². The molecule has 0 radical (unpaired) electrons. The van der Waals surface area contributed by atoms with Gasteiger partial charge in [0.2, 0.25) is 0 Å². The van der Waals surface area contributed by atoms with E-state index < -0.39 is 0 Å². The van der Waals surface area contributed by atoms with E-state index in [9.17, 15) is 0 Å². The lowest BCUT2D eigenvalue weighted by molar-refractivity contribution is 1.15. The Morgan fingerprint density at radius 1 is 1.17 bits per heavy atom. The predicted molar refractivity (Wildman–Crippen MR) is 79.7 cm³/mol. The van der Waals surface area contributed by atoms with E-state index >= 15 is 0 Å². The first kappa shape index (κ1) is 12.6. The fraction of sp³-hybridized carbons (Fsp3) is 0.235. The minimum Gasteiger partial charge on any atom is -0.257 e. The third kappa shape index (κ3) is 3.07. The van der Waals surface area contributed by atoms with Crippen molar-refractivity contribution in [3.05, 3.63) is 64.9 Å². The Hall–Kier alpha value is -1.89. The van der Waals surface area contributed by atoms with Crippen molar-refractivity contribution >= 4 is 11.8 Å². The van der Waals surface area contributed by atoms with Crippen molar-refractivity contribution in [1.82, 2.24) is 0 Å². The molecule has 1 aromatic carbocycles. The number of rotatable bonds is 2. The van der Waals surface area contributed by atoms with Gasteiger partial charge in [0.1, 0.15) is 0 Å². The summed E-state index contributed by atoms with van der Waals surface area (Å²) in [6, 6.07) is 10.4. The molecule has 92 valence electrons. The van der Waals surface area contributed by atoms with Gasteiger partial charge in [-0.2, -0.15) is 0 Å². The van der Waals surface area contributed by atoms with E-state index in [4.69, 9.17) is 0 Å². The van der Waals surface area contributed by atoms with Gasteiger partial charge >= 0.3 is 0 Å². The van der Waals surface area contributed by atoms with Gasteiger partial charge in [-0.1, -0.05) is 36.4 Å². The van der Waals surface area contributed by atoms with Crippen molar-refractivity contribution in [3.63, 3.8) is 0 Å². The topological polar surface area (TPSA) is 12.4 Å². The summed E-state index contributed by atoms with van der Waals surface area (Å²) in [7, 11) is 0. The van der Waals surface area contributed by atoms with E-state index in [-0.39, 0.29) is 0 Å². The van der Waals surface area contributed by atoms with E-state index in [1.807, 2.05) is 12.3 Å². The first-order valence-corrected chi connectivity index (χ1v) is 6.31. The lowest BCUT2D eigenvalue weighted by Crippen LogP contribution is -1.84. The maximum absolute atomic E-state index is 4.56. The van der Waals surface area contributed by atoms with E-state index in [2.05, 4.69) is 62.2 Å². The number of allylic oxidation sites excluding steroid dienone is 5. The zero-order chi connectivity index (χ0) is 13.0. The summed E-state index contributed by atoms with van der Waals surface area (Å²) in [6.45, 7) is 6.38. The Morgan fingerprint density at radius 3 is 2.61 bits per heavy atom. The molecule has 0 spiro atoms. The molecular formula is C17H19N. The van der Waals surface area contributed by atoms with E-state index in [0.29, 0.717) is 0 Å². The second-order valence-corrected chi connectivity index (χ2v) is 4.77. The van der Waals surface area contributed by atoms with Crippen molar-refractivity contribution in [2.45, 2.75) is 27.2 Å². The number of hydrogen-bond acceptors (Lipinski definition) is 1. The molecule has 0 atom stereocenters. The van der Waals surface area contributed by atoms with Gasteiger partial charge in [-0.25, -0.2) is 0 Å². The summed E-state index contributed by atoms with van der Waals surface area (Å²) in [4.78, 5) is 4.56. The zero-order valence-corrected chi connectivity index (χ0v) is 11.3. The number of hydrogen-bond donors (Lipinski definition) is 0. The van der Waals surface area contributed by atoms with Crippen LogP contribution in [0, 0.1) is 0 Å². The molecule has 1 aliphatic rings.